The maximum absolute atomic E-state index is 11.2. The standard InChI is InChI=1S/C9H9BO3/c1-2-13-9(12)7-5-6(10)3-4-8(7)11/h3-5,11H,2H2,1H3. The third-order valence-corrected chi connectivity index (χ3v) is 1.52. The molecule has 1 N–H and O–H groups in total. The molecule has 0 aliphatic heterocycles. The molecule has 4 heteroatoms. The molecule has 1 aromatic carbocycles. The van der Waals surface area contributed by atoms with Gasteiger partial charge in [0.25, 0.3) is 0 Å². The van der Waals surface area contributed by atoms with E-state index in [1.165, 1.54) is 18.2 Å². The van der Waals surface area contributed by atoms with Gasteiger partial charge in [0.15, 0.2) is 0 Å². The highest BCUT2D eigenvalue weighted by atomic mass is 16.5. The van der Waals surface area contributed by atoms with Crippen LogP contribution in [0.15, 0.2) is 18.2 Å². The van der Waals surface area contributed by atoms with Crippen LogP contribution in [0.5, 0.6) is 5.75 Å². The molecule has 0 aliphatic rings. The first-order chi connectivity index (χ1) is 6.15. The number of phenols is 1. The van der Waals surface area contributed by atoms with E-state index in [2.05, 4.69) is 0 Å². The van der Waals surface area contributed by atoms with Crippen LogP contribution in [0.4, 0.5) is 0 Å². The Labute approximate surface area is 77.7 Å². The molecule has 13 heavy (non-hydrogen) atoms. The molecule has 0 fully saturated rings. The van der Waals surface area contributed by atoms with Gasteiger partial charge in [-0.3, -0.25) is 0 Å². The summed E-state index contributed by atoms with van der Waals surface area (Å²) in [6, 6.07) is 4.26. The highest BCUT2D eigenvalue weighted by Crippen LogP contribution is 2.15. The Balaban J connectivity index is 2.99. The van der Waals surface area contributed by atoms with Crippen molar-refractivity contribution in [2.45, 2.75) is 6.92 Å². The van der Waals surface area contributed by atoms with Gasteiger partial charge in [-0.15, -0.1) is 0 Å². The topological polar surface area (TPSA) is 46.5 Å². The van der Waals surface area contributed by atoms with E-state index >= 15 is 0 Å². The lowest BCUT2D eigenvalue weighted by Gasteiger charge is -2.04. The second-order valence-electron chi connectivity index (χ2n) is 2.50. The molecule has 1 rings (SSSR count). The number of carbonyl (C=O) groups excluding carboxylic acids is 1. The van der Waals surface area contributed by atoms with Gasteiger partial charge in [-0.2, -0.15) is 0 Å². The van der Waals surface area contributed by atoms with Crippen molar-refractivity contribution in [1.82, 2.24) is 0 Å². The van der Waals surface area contributed by atoms with Crippen LogP contribution in [-0.2, 0) is 4.74 Å². The largest absolute Gasteiger partial charge is 0.507 e. The van der Waals surface area contributed by atoms with E-state index < -0.39 is 5.97 Å². The highest BCUT2D eigenvalue weighted by Gasteiger charge is 2.11. The number of hydrogen-bond acceptors (Lipinski definition) is 3. The predicted octanol–water partition coefficient (Wildman–Crippen LogP) is 0.363. The van der Waals surface area contributed by atoms with Crippen LogP contribution in [-0.4, -0.2) is 25.5 Å². The zero-order chi connectivity index (χ0) is 9.84. The van der Waals surface area contributed by atoms with Gasteiger partial charge in [0.2, 0.25) is 0 Å². The Morgan fingerprint density at radius 2 is 2.31 bits per heavy atom. The van der Waals surface area contributed by atoms with Gasteiger partial charge in [0.05, 0.1) is 6.61 Å². The average molecular weight is 176 g/mol. The van der Waals surface area contributed by atoms with Gasteiger partial charge in [0, 0.05) is 0 Å². The molecule has 66 valence electrons. The second kappa shape index (κ2) is 3.98. The summed E-state index contributed by atoms with van der Waals surface area (Å²) in [4.78, 5) is 11.2. The minimum atomic E-state index is -0.563. The van der Waals surface area contributed by atoms with Gasteiger partial charge in [-0.1, -0.05) is 17.6 Å². The third kappa shape index (κ3) is 2.24. The first-order valence-corrected chi connectivity index (χ1v) is 3.90. The van der Waals surface area contributed by atoms with E-state index in [1.807, 2.05) is 0 Å². The summed E-state index contributed by atoms with van der Waals surface area (Å²) in [5.74, 6) is -0.681. The molecule has 0 heterocycles. The van der Waals surface area contributed by atoms with Crippen LogP contribution in [0.25, 0.3) is 0 Å². The maximum Gasteiger partial charge on any atom is 0.341 e. The van der Waals surface area contributed by atoms with Crippen LogP contribution in [0, 0.1) is 0 Å². The van der Waals surface area contributed by atoms with Crippen LogP contribution < -0.4 is 5.46 Å². The molecule has 0 atom stereocenters. The van der Waals surface area contributed by atoms with E-state index in [0.717, 1.165) is 0 Å². The zero-order valence-corrected chi connectivity index (χ0v) is 7.28. The van der Waals surface area contributed by atoms with Crippen molar-refractivity contribution >= 4 is 19.3 Å². The van der Waals surface area contributed by atoms with Crippen molar-refractivity contribution in [3.8, 4) is 5.75 Å². The van der Waals surface area contributed by atoms with Gasteiger partial charge in [-0.25, -0.2) is 4.79 Å². The van der Waals surface area contributed by atoms with Gasteiger partial charge in [0.1, 0.15) is 19.2 Å². The quantitative estimate of drug-likeness (QED) is 0.522. The summed E-state index contributed by atoms with van der Waals surface area (Å²) in [7, 11) is 5.44. The first kappa shape index (κ1) is 9.64. The Hall–Kier alpha value is -1.45. The van der Waals surface area contributed by atoms with E-state index in [4.69, 9.17) is 12.6 Å². The molecule has 0 amide bonds. The Morgan fingerprint density at radius 1 is 1.62 bits per heavy atom. The number of ether oxygens (including phenoxy) is 1. The molecule has 2 radical (unpaired) electrons. The fourth-order valence-corrected chi connectivity index (χ4v) is 0.926. The van der Waals surface area contributed by atoms with Crippen molar-refractivity contribution in [1.29, 1.82) is 0 Å². The highest BCUT2D eigenvalue weighted by molar-refractivity contribution is 6.32. The normalized spacial score (nSPS) is 9.62. The minimum absolute atomic E-state index is 0.0989. The Kier molecular flexibility index (Phi) is 2.95. The third-order valence-electron chi connectivity index (χ3n) is 1.52. The number of esters is 1. The summed E-state index contributed by atoms with van der Waals surface area (Å²) in [5, 5.41) is 9.28. The van der Waals surface area contributed by atoms with E-state index in [-0.39, 0.29) is 17.9 Å². The Morgan fingerprint density at radius 3 is 2.92 bits per heavy atom. The fraction of sp³-hybridized carbons (Fsp3) is 0.222. The number of aromatic hydroxyl groups is 1. The lowest BCUT2D eigenvalue weighted by Crippen LogP contribution is -2.10. The molecule has 0 bridgehead atoms. The van der Waals surface area contributed by atoms with E-state index in [9.17, 15) is 9.90 Å². The molecular weight excluding hydrogens is 167 g/mol. The first-order valence-electron chi connectivity index (χ1n) is 3.90. The molecule has 1 aromatic rings. The fourth-order valence-electron chi connectivity index (χ4n) is 0.926. The Bertz CT molecular complexity index is 323. The smallest absolute Gasteiger partial charge is 0.341 e. The van der Waals surface area contributed by atoms with Crippen molar-refractivity contribution in [3.63, 3.8) is 0 Å². The van der Waals surface area contributed by atoms with Crippen LogP contribution in [0.3, 0.4) is 0 Å². The zero-order valence-electron chi connectivity index (χ0n) is 7.28. The number of rotatable bonds is 2. The summed E-state index contributed by atoms with van der Waals surface area (Å²) in [6.07, 6.45) is 0. The van der Waals surface area contributed by atoms with Crippen LogP contribution in [0.2, 0.25) is 0 Å². The SMILES string of the molecule is [B]c1ccc(O)c(C(=O)OCC)c1. The number of benzene rings is 1. The predicted molar refractivity (Wildman–Crippen MR) is 49.5 cm³/mol. The van der Waals surface area contributed by atoms with Crippen LogP contribution in [0.1, 0.15) is 17.3 Å². The van der Waals surface area contributed by atoms with Crippen molar-refractivity contribution in [3.05, 3.63) is 23.8 Å². The number of hydrogen-bond donors (Lipinski definition) is 1. The maximum atomic E-state index is 11.2. The van der Waals surface area contributed by atoms with Gasteiger partial charge in [-0.05, 0) is 13.0 Å². The number of phenolic OH excluding ortho intramolecular Hbond substituents is 1. The lowest BCUT2D eigenvalue weighted by atomic mass is 9.94. The summed E-state index contributed by atoms with van der Waals surface area (Å²) < 4.78 is 4.71. The second-order valence-corrected chi connectivity index (χ2v) is 2.50. The molecule has 3 nitrogen and oxygen atoms in total. The summed E-state index contributed by atoms with van der Waals surface area (Å²) >= 11 is 0. The van der Waals surface area contributed by atoms with E-state index in [0.29, 0.717) is 5.46 Å². The van der Waals surface area contributed by atoms with Crippen molar-refractivity contribution in [2.75, 3.05) is 6.61 Å². The van der Waals surface area contributed by atoms with E-state index in [1.54, 1.807) is 6.92 Å². The molecule has 0 aromatic heterocycles. The van der Waals surface area contributed by atoms with Crippen molar-refractivity contribution in [2.24, 2.45) is 0 Å². The minimum Gasteiger partial charge on any atom is -0.507 e. The monoisotopic (exact) mass is 176 g/mol. The molecule has 0 aliphatic carbocycles. The number of carbonyl (C=O) groups is 1. The van der Waals surface area contributed by atoms with Gasteiger partial charge < -0.3 is 9.84 Å². The van der Waals surface area contributed by atoms with Crippen molar-refractivity contribution < 1.29 is 14.6 Å². The molecule has 0 saturated heterocycles. The molecule has 0 saturated carbocycles. The molecular formula is C9H9BO3. The van der Waals surface area contributed by atoms with Gasteiger partial charge >= 0.3 is 5.97 Å². The molecule has 0 spiro atoms. The van der Waals surface area contributed by atoms with Crippen LogP contribution >= 0.6 is 0 Å². The molecule has 0 unspecified atom stereocenters. The summed E-state index contributed by atoms with van der Waals surface area (Å²) in [6.45, 7) is 1.97. The summed E-state index contributed by atoms with van der Waals surface area (Å²) in [5.41, 5.74) is 0.516. The average Bonchev–Trinajstić information content (AvgIpc) is 2.09. The lowest BCUT2D eigenvalue weighted by molar-refractivity contribution is 0.0523.